The highest BCUT2D eigenvalue weighted by Gasteiger charge is 2.24. The SMILES string of the molecule is Cc1nc(-c2ccccc2)sc1C(=O)O[C@H](C)C(=O)c1ccc(F)c(F)c1. The summed E-state index contributed by atoms with van der Waals surface area (Å²) in [6, 6.07) is 12.2. The van der Waals surface area contributed by atoms with Crippen molar-refractivity contribution in [2.24, 2.45) is 0 Å². The molecule has 1 atom stereocenters. The summed E-state index contributed by atoms with van der Waals surface area (Å²) in [7, 11) is 0. The maximum atomic E-state index is 13.3. The Kier molecular flexibility index (Phi) is 5.41. The number of nitrogens with zero attached hydrogens (tertiary/aromatic N) is 1. The summed E-state index contributed by atoms with van der Waals surface area (Å²) < 4.78 is 31.5. The zero-order valence-corrected chi connectivity index (χ0v) is 15.3. The van der Waals surface area contributed by atoms with Crippen LogP contribution >= 0.6 is 11.3 Å². The Labute approximate surface area is 158 Å². The molecular weight excluding hydrogens is 372 g/mol. The summed E-state index contributed by atoms with van der Waals surface area (Å²) in [6.07, 6.45) is -1.15. The molecule has 0 unspecified atom stereocenters. The van der Waals surface area contributed by atoms with E-state index in [4.69, 9.17) is 4.74 Å². The van der Waals surface area contributed by atoms with Gasteiger partial charge >= 0.3 is 5.97 Å². The van der Waals surface area contributed by atoms with E-state index in [1.165, 1.54) is 18.3 Å². The number of benzene rings is 2. The second-order valence-electron chi connectivity index (χ2n) is 5.84. The molecule has 0 aliphatic carbocycles. The molecule has 0 amide bonds. The van der Waals surface area contributed by atoms with Crippen LogP contribution in [0.2, 0.25) is 0 Å². The van der Waals surface area contributed by atoms with Crippen LogP contribution < -0.4 is 0 Å². The Balaban J connectivity index is 1.76. The molecule has 3 rings (SSSR count). The van der Waals surface area contributed by atoms with Crippen LogP contribution in [-0.2, 0) is 4.74 Å². The van der Waals surface area contributed by atoms with Gasteiger partial charge in [0.15, 0.2) is 17.7 Å². The highest BCUT2D eigenvalue weighted by atomic mass is 32.1. The molecule has 0 saturated heterocycles. The quantitative estimate of drug-likeness (QED) is 0.465. The lowest BCUT2D eigenvalue weighted by atomic mass is 10.1. The normalized spacial score (nSPS) is 11.9. The third kappa shape index (κ3) is 4.09. The van der Waals surface area contributed by atoms with Gasteiger partial charge in [-0.1, -0.05) is 30.3 Å². The lowest BCUT2D eigenvalue weighted by Gasteiger charge is -2.12. The molecule has 27 heavy (non-hydrogen) atoms. The Morgan fingerprint density at radius 1 is 1.07 bits per heavy atom. The molecule has 4 nitrogen and oxygen atoms in total. The summed E-state index contributed by atoms with van der Waals surface area (Å²) in [6.45, 7) is 3.07. The van der Waals surface area contributed by atoms with Gasteiger partial charge in [0, 0.05) is 11.1 Å². The van der Waals surface area contributed by atoms with E-state index in [1.807, 2.05) is 30.3 Å². The monoisotopic (exact) mass is 387 g/mol. The van der Waals surface area contributed by atoms with Crippen molar-refractivity contribution in [1.29, 1.82) is 0 Å². The number of hydrogen-bond acceptors (Lipinski definition) is 5. The standard InChI is InChI=1S/C20H15F2NO3S/c1-11-18(27-19(23-11)13-6-4-3-5-7-13)20(25)26-12(2)17(24)14-8-9-15(21)16(22)10-14/h3-10,12H,1-2H3/t12-/m1/s1. The van der Waals surface area contributed by atoms with Crippen LogP contribution in [0.25, 0.3) is 10.6 Å². The highest BCUT2D eigenvalue weighted by molar-refractivity contribution is 7.17. The fourth-order valence-corrected chi connectivity index (χ4v) is 3.40. The number of esters is 1. The van der Waals surface area contributed by atoms with Crippen LogP contribution in [0.5, 0.6) is 0 Å². The topological polar surface area (TPSA) is 56.3 Å². The molecule has 0 spiro atoms. The number of ketones is 1. The zero-order chi connectivity index (χ0) is 19.6. The minimum Gasteiger partial charge on any atom is -0.450 e. The first kappa shape index (κ1) is 18.8. The molecule has 138 valence electrons. The maximum absolute atomic E-state index is 13.3. The van der Waals surface area contributed by atoms with Crippen molar-refractivity contribution in [3.8, 4) is 10.6 Å². The first-order chi connectivity index (χ1) is 12.9. The smallest absolute Gasteiger partial charge is 0.350 e. The van der Waals surface area contributed by atoms with Gasteiger partial charge in [0.1, 0.15) is 9.88 Å². The predicted octanol–water partition coefficient (Wildman–Crippen LogP) is 4.82. The zero-order valence-electron chi connectivity index (χ0n) is 14.5. The summed E-state index contributed by atoms with van der Waals surface area (Å²) in [5.74, 6) is -3.49. The predicted molar refractivity (Wildman–Crippen MR) is 97.9 cm³/mol. The van der Waals surface area contributed by atoms with E-state index in [1.54, 1.807) is 6.92 Å². The molecule has 0 fully saturated rings. The fourth-order valence-electron chi connectivity index (χ4n) is 2.44. The van der Waals surface area contributed by atoms with E-state index in [2.05, 4.69) is 4.98 Å². The van der Waals surface area contributed by atoms with E-state index in [-0.39, 0.29) is 5.56 Å². The van der Waals surface area contributed by atoms with Gasteiger partial charge < -0.3 is 4.74 Å². The lowest BCUT2D eigenvalue weighted by Crippen LogP contribution is -2.24. The maximum Gasteiger partial charge on any atom is 0.350 e. The third-order valence-corrected chi connectivity index (χ3v) is 5.05. The molecule has 2 aromatic carbocycles. The van der Waals surface area contributed by atoms with Crippen LogP contribution in [-0.4, -0.2) is 22.8 Å². The van der Waals surface area contributed by atoms with Crippen molar-refractivity contribution < 1.29 is 23.1 Å². The molecule has 0 N–H and O–H groups in total. The number of halogens is 2. The third-order valence-electron chi connectivity index (χ3n) is 3.86. The second kappa shape index (κ2) is 7.75. The molecule has 0 saturated carbocycles. The largest absolute Gasteiger partial charge is 0.450 e. The van der Waals surface area contributed by atoms with E-state index in [9.17, 15) is 18.4 Å². The first-order valence-corrected chi connectivity index (χ1v) is 8.91. The van der Waals surface area contributed by atoms with E-state index in [0.717, 1.165) is 23.8 Å². The number of carbonyl (C=O) groups is 2. The molecule has 0 aliphatic heterocycles. The number of ether oxygens (including phenoxy) is 1. The molecule has 3 aromatic rings. The molecule has 1 heterocycles. The van der Waals surface area contributed by atoms with Crippen LogP contribution in [0, 0.1) is 18.6 Å². The number of hydrogen-bond donors (Lipinski definition) is 0. The number of carbonyl (C=O) groups excluding carboxylic acids is 2. The van der Waals surface area contributed by atoms with Gasteiger partial charge in [0.2, 0.25) is 5.78 Å². The summed E-state index contributed by atoms with van der Waals surface area (Å²) in [5, 5.41) is 0.666. The van der Waals surface area contributed by atoms with Gasteiger partial charge in [0.05, 0.1) is 5.69 Å². The van der Waals surface area contributed by atoms with Crippen LogP contribution in [0.4, 0.5) is 8.78 Å². The van der Waals surface area contributed by atoms with E-state index in [0.29, 0.717) is 15.6 Å². The first-order valence-electron chi connectivity index (χ1n) is 8.10. The lowest BCUT2D eigenvalue weighted by molar-refractivity contribution is 0.0322. The van der Waals surface area contributed by atoms with Crippen molar-refractivity contribution in [3.63, 3.8) is 0 Å². The summed E-state index contributed by atoms with van der Waals surface area (Å²) in [4.78, 5) is 29.4. The summed E-state index contributed by atoms with van der Waals surface area (Å²) in [5.41, 5.74) is 1.30. The summed E-state index contributed by atoms with van der Waals surface area (Å²) >= 11 is 1.17. The van der Waals surface area contributed by atoms with Crippen molar-refractivity contribution in [2.75, 3.05) is 0 Å². The van der Waals surface area contributed by atoms with Gasteiger partial charge in [-0.2, -0.15) is 0 Å². The van der Waals surface area contributed by atoms with Gasteiger partial charge in [-0.25, -0.2) is 18.6 Å². The Bertz CT molecular complexity index is 1000. The van der Waals surface area contributed by atoms with Crippen LogP contribution in [0.15, 0.2) is 48.5 Å². The molecule has 0 aliphatic rings. The minimum atomic E-state index is -1.15. The van der Waals surface area contributed by atoms with Crippen LogP contribution in [0.3, 0.4) is 0 Å². The average Bonchev–Trinajstić information content (AvgIpc) is 3.06. The Hall–Kier alpha value is -2.93. The number of aromatic nitrogens is 1. The molecule has 0 radical (unpaired) electrons. The number of thiazole rings is 1. The fraction of sp³-hybridized carbons (Fsp3) is 0.150. The highest BCUT2D eigenvalue weighted by Crippen LogP contribution is 2.28. The van der Waals surface area contributed by atoms with Crippen molar-refractivity contribution in [3.05, 3.63) is 76.3 Å². The molecular formula is C20H15F2NO3S. The van der Waals surface area contributed by atoms with E-state index >= 15 is 0 Å². The number of rotatable bonds is 5. The van der Waals surface area contributed by atoms with Crippen molar-refractivity contribution in [1.82, 2.24) is 4.98 Å². The molecule has 0 bridgehead atoms. The average molecular weight is 387 g/mol. The second-order valence-corrected chi connectivity index (χ2v) is 6.84. The minimum absolute atomic E-state index is 0.0693. The van der Waals surface area contributed by atoms with E-state index < -0.39 is 29.5 Å². The van der Waals surface area contributed by atoms with Crippen LogP contribution in [0.1, 0.15) is 32.6 Å². The van der Waals surface area contributed by atoms with Crippen molar-refractivity contribution >= 4 is 23.1 Å². The number of aryl methyl sites for hydroxylation is 1. The van der Waals surface area contributed by atoms with Gasteiger partial charge in [-0.3, -0.25) is 4.79 Å². The van der Waals surface area contributed by atoms with Gasteiger partial charge in [0.25, 0.3) is 0 Å². The van der Waals surface area contributed by atoms with Crippen molar-refractivity contribution in [2.45, 2.75) is 20.0 Å². The Morgan fingerprint density at radius 2 is 1.78 bits per heavy atom. The van der Waals surface area contributed by atoms with Gasteiger partial charge in [-0.05, 0) is 32.0 Å². The number of Topliss-reactive ketones (excluding diaryl/α,β-unsaturated/α-hetero) is 1. The molecule has 7 heteroatoms. The Morgan fingerprint density at radius 3 is 2.44 bits per heavy atom. The van der Waals surface area contributed by atoms with Gasteiger partial charge in [-0.15, -0.1) is 11.3 Å². The molecule has 1 aromatic heterocycles.